The first-order valence-electron chi connectivity index (χ1n) is 8.86. The Hall–Kier alpha value is -3.09. The molecule has 1 aliphatic heterocycles. The van der Waals surface area contributed by atoms with Gasteiger partial charge in [0.2, 0.25) is 5.91 Å². The molecule has 0 aliphatic carbocycles. The molecule has 27 heavy (non-hydrogen) atoms. The number of nitro benzene ring substituents is 1. The molecule has 0 spiro atoms. The number of nitro groups is 1. The van der Waals surface area contributed by atoms with Gasteiger partial charge in [0.25, 0.3) is 0 Å². The van der Waals surface area contributed by atoms with Crippen LogP contribution in [0.4, 0.5) is 17.1 Å². The smallest absolute Gasteiger partial charge is 0.311 e. The third-order valence-corrected chi connectivity index (χ3v) is 4.78. The maximum atomic E-state index is 12.6. The van der Waals surface area contributed by atoms with E-state index in [1.165, 1.54) is 30.4 Å². The average molecular weight is 369 g/mol. The van der Waals surface area contributed by atoms with Crippen LogP contribution in [-0.2, 0) is 11.2 Å². The van der Waals surface area contributed by atoms with Crippen LogP contribution in [-0.4, -0.2) is 31.0 Å². The van der Waals surface area contributed by atoms with Crippen LogP contribution in [0.25, 0.3) is 0 Å². The van der Waals surface area contributed by atoms with E-state index in [9.17, 15) is 14.9 Å². The molecule has 0 radical (unpaired) electrons. The number of amides is 1. The van der Waals surface area contributed by atoms with Crippen LogP contribution >= 0.6 is 0 Å². The number of fused-ring (bicyclic) bond motifs is 1. The van der Waals surface area contributed by atoms with Gasteiger partial charge in [0.1, 0.15) is 0 Å². The van der Waals surface area contributed by atoms with Gasteiger partial charge in [-0.3, -0.25) is 14.9 Å². The molecule has 2 aromatic carbocycles. The Morgan fingerprint density at radius 1 is 1.30 bits per heavy atom. The van der Waals surface area contributed by atoms with Crippen molar-refractivity contribution < 1.29 is 14.5 Å². The minimum Gasteiger partial charge on any atom is -0.490 e. The maximum Gasteiger partial charge on any atom is 0.311 e. The minimum absolute atomic E-state index is 0.117. The van der Waals surface area contributed by atoms with Crippen molar-refractivity contribution in [3.05, 3.63) is 57.1 Å². The molecule has 1 N–H and O–H groups in total. The fourth-order valence-corrected chi connectivity index (χ4v) is 3.44. The van der Waals surface area contributed by atoms with E-state index >= 15 is 0 Å². The van der Waals surface area contributed by atoms with Crippen LogP contribution < -0.4 is 15.0 Å². The van der Waals surface area contributed by atoms with Crippen LogP contribution in [0.2, 0.25) is 0 Å². The summed E-state index contributed by atoms with van der Waals surface area (Å²) in [6.45, 7) is 4.85. The summed E-state index contributed by atoms with van der Waals surface area (Å²) in [6.07, 6.45) is 2.03. The van der Waals surface area contributed by atoms with Gasteiger partial charge in [0, 0.05) is 30.1 Å². The molecule has 0 unspecified atom stereocenters. The summed E-state index contributed by atoms with van der Waals surface area (Å²) in [6, 6.07) is 9.20. The fraction of sp³-hybridized carbons (Fsp3) is 0.350. The quantitative estimate of drug-likeness (QED) is 0.643. The topological polar surface area (TPSA) is 84.7 Å². The minimum atomic E-state index is -0.496. The molecule has 0 saturated carbocycles. The van der Waals surface area contributed by atoms with E-state index in [1.807, 2.05) is 0 Å². The van der Waals surface area contributed by atoms with Gasteiger partial charge in [-0.05, 0) is 43.9 Å². The van der Waals surface area contributed by atoms with Crippen molar-refractivity contribution in [2.24, 2.45) is 0 Å². The molecular formula is C20H23N3O4. The summed E-state index contributed by atoms with van der Waals surface area (Å²) < 4.78 is 5.09. The highest BCUT2D eigenvalue weighted by atomic mass is 16.6. The normalized spacial score (nSPS) is 13.1. The first-order chi connectivity index (χ1) is 12.9. The van der Waals surface area contributed by atoms with Crippen molar-refractivity contribution in [3.8, 4) is 5.75 Å². The van der Waals surface area contributed by atoms with Crippen LogP contribution in [0.3, 0.4) is 0 Å². The van der Waals surface area contributed by atoms with Crippen LogP contribution in [0.15, 0.2) is 30.3 Å². The van der Waals surface area contributed by atoms with Crippen molar-refractivity contribution >= 4 is 23.0 Å². The third kappa shape index (κ3) is 4.02. The summed E-state index contributed by atoms with van der Waals surface area (Å²) in [5, 5.41) is 14.0. The molecule has 0 aromatic heterocycles. The lowest BCUT2D eigenvalue weighted by Crippen LogP contribution is -2.36. The maximum absolute atomic E-state index is 12.6. The fourth-order valence-electron chi connectivity index (χ4n) is 3.44. The summed E-state index contributed by atoms with van der Waals surface area (Å²) in [7, 11) is 1.37. The van der Waals surface area contributed by atoms with E-state index < -0.39 is 4.92 Å². The molecule has 0 fully saturated rings. The molecule has 7 heteroatoms. The second-order valence-electron chi connectivity index (χ2n) is 6.80. The number of nitrogens with zero attached hydrogens (tertiary/aromatic N) is 2. The van der Waals surface area contributed by atoms with Gasteiger partial charge >= 0.3 is 5.69 Å². The Kier molecular flexibility index (Phi) is 5.30. The molecule has 3 rings (SSSR count). The zero-order valence-corrected chi connectivity index (χ0v) is 15.7. The number of hydrogen-bond donors (Lipinski definition) is 1. The summed E-state index contributed by atoms with van der Waals surface area (Å²) in [5.74, 6) is -0.0397. The third-order valence-electron chi connectivity index (χ3n) is 4.78. The van der Waals surface area contributed by atoms with E-state index in [2.05, 4.69) is 35.3 Å². The molecule has 0 atom stereocenters. The lowest BCUT2D eigenvalue weighted by molar-refractivity contribution is -0.385. The van der Waals surface area contributed by atoms with Crippen molar-refractivity contribution in [1.29, 1.82) is 0 Å². The molecule has 2 aromatic rings. The first-order valence-corrected chi connectivity index (χ1v) is 8.86. The molecule has 0 saturated heterocycles. The number of rotatable bonds is 5. The number of methoxy groups -OCH3 is 1. The Labute approximate surface area is 158 Å². The Morgan fingerprint density at radius 3 is 2.78 bits per heavy atom. The predicted molar refractivity (Wildman–Crippen MR) is 105 cm³/mol. The second kappa shape index (κ2) is 7.65. The number of ether oxygens (including phenoxy) is 1. The number of carbonyl (C=O) groups is 1. The number of aryl methyl sites for hydroxylation is 3. The monoisotopic (exact) mass is 369 g/mol. The average Bonchev–Trinajstić information content (AvgIpc) is 2.62. The Bertz CT molecular complexity index is 895. The Balaban J connectivity index is 1.77. The van der Waals surface area contributed by atoms with E-state index in [0.717, 1.165) is 25.1 Å². The predicted octanol–water partition coefficient (Wildman–Crippen LogP) is 3.61. The Morgan fingerprint density at radius 2 is 2.07 bits per heavy atom. The van der Waals surface area contributed by atoms with Crippen molar-refractivity contribution in [1.82, 2.24) is 0 Å². The first kappa shape index (κ1) is 18.7. The number of hydrogen-bond acceptors (Lipinski definition) is 5. The van der Waals surface area contributed by atoms with Gasteiger partial charge < -0.3 is 15.0 Å². The van der Waals surface area contributed by atoms with Gasteiger partial charge in [0.05, 0.1) is 18.6 Å². The van der Waals surface area contributed by atoms with Crippen LogP contribution in [0, 0.1) is 24.0 Å². The number of anilines is 2. The van der Waals surface area contributed by atoms with Gasteiger partial charge in [-0.2, -0.15) is 0 Å². The number of nitrogens with one attached hydrogen (secondary N) is 1. The highest BCUT2D eigenvalue weighted by Gasteiger charge is 2.21. The summed E-state index contributed by atoms with van der Waals surface area (Å²) in [5.41, 5.74) is 4.60. The van der Waals surface area contributed by atoms with Gasteiger partial charge in [-0.25, -0.2) is 0 Å². The standard InChI is InChI=1S/C20H23N3O4/c1-13-6-7-17-15(9-13)5-4-8-22(17)12-20(24)21-16-11-19(27-3)18(23(25)26)10-14(16)2/h6-7,9-11H,4-5,8,12H2,1-3H3,(H,21,24). The number of carbonyl (C=O) groups excluding carboxylic acids is 1. The molecule has 1 heterocycles. The van der Waals surface area contributed by atoms with Crippen molar-refractivity contribution in [2.45, 2.75) is 26.7 Å². The van der Waals surface area contributed by atoms with Crippen molar-refractivity contribution in [3.63, 3.8) is 0 Å². The van der Waals surface area contributed by atoms with E-state index in [0.29, 0.717) is 11.3 Å². The van der Waals surface area contributed by atoms with Crippen LogP contribution in [0.1, 0.15) is 23.1 Å². The number of benzene rings is 2. The molecule has 7 nitrogen and oxygen atoms in total. The van der Waals surface area contributed by atoms with E-state index in [4.69, 9.17) is 4.74 Å². The molecule has 0 bridgehead atoms. The van der Waals surface area contributed by atoms with E-state index in [1.54, 1.807) is 6.92 Å². The zero-order valence-electron chi connectivity index (χ0n) is 15.7. The summed E-state index contributed by atoms with van der Waals surface area (Å²) >= 11 is 0. The van der Waals surface area contributed by atoms with Crippen LogP contribution in [0.5, 0.6) is 5.75 Å². The molecule has 142 valence electrons. The summed E-state index contributed by atoms with van der Waals surface area (Å²) in [4.78, 5) is 25.3. The highest BCUT2D eigenvalue weighted by molar-refractivity contribution is 5.95. The SMILES string of the molecule is COc1cc(NC(=O)CN2CCCc3cc(C)ccc32)c(C)cc1[N+](=O)[O-]. The van der Waals surface area contributed by atoms with E-state index in [-0.39, 0.29) is 23.9 Å². The lowest BCUT2D eigenvalue weighted by atomic mass is 9.99. The highest BCUT2D eigenvalue weighted by Crippen LogP contribution is 2.33. The van der Waals surface area contributed by atoms with Gasteiger partial charge in [0.15, 0.2) is 5.75 Å². The zero-order chi connectivity index (χ0) is 19.6. The van der Waals surface area contributed by atoms with Gasteiger partial charge in [-0.15, -0.1) is 0 Å². The molecular weight excluding hydrogens is 346 g/mol. The largest absolute Gasteiger partial charge is 0.490 e. The molecule has 1 amide bonds. The lowest BCUT2D eigenvalue weighted by Gasteiger charge is -2.31. The van der Waals surface area contributed by atoms with Crippen molar-refractivity contribution in [2.75, 3.05) is 30.4 Å². The van der Waals surface area contributed by atoms with Gasteiger partial charge in [-0.1, -0.05) is 17.7 Å². The molecule has 1 aliphatic rings. The second-order valence-corrected chi connectivity index (χ2v) is 6.80.